The van der Waals surface area contributed by atoms with E-state index in [2.05, 4.69) is 30.1 Å². The van der Waals surface area contributed by atoms with Crippen molar-refractivity contribution < 1.29 is 13.9 Å². The first-order valence-corrected chi connectivity index (χ1v) is 15.0. The lowest BCUT2D eigenvalue weighted by molar-refractivity contribution is -0.0842. The molecule has 2 heterocycles. The van der Waals surface area contributed by atoms with Crippen LogP contribution in [0.15, 0.2) is 39.3 Å². The van der Waals surface area contributed by atoms with Crippen molar-refractivity contribution in [1.29, 1.82) is 0 Å². The quantitative estimate of drug-likeness (QED) is 0.538. The Morgan fingerprint density at radius 3 is 2.82 bits per heavy atom. The Labute approximate surface area is 226 Å². The summed E-state index contributed by atoms with van der Waals surface area (Å²) in [7, 11) is 0. The van der Waals surface area contributed by atoms with Crippen molar-refractivity contribution in [1.82, 2.24) is 10.2 Å². The van der Waals surface area contributed by atoms with E-state index in [0.717, 1.165) is 57.3 Å². The molecule has 4 fully saturated rings. The summed E-state index contributed by atoms with van der Waals surface area (Å²) in [5.41, 5.74) is 9.01. The summed E-state index contributed by atoms with van der Waals surface area (Å²) in [4.78, 5) is 26.4. The summed E-state index contributed by atoms with van der Waals surface area (Å²) in [6, 6.07) is 3.81. The highest BCUT2D eigenvalue weighted by atomic mass is 16.6. The molecule has 1 saturated heterocycles. The Morgan fingerprint density at radius 2 is 2.05 bits per heavy atom. The molecule has 3 saturated carbocycles. The van der Waals surface area contributed by atoms with Crippen molar-refractivity contribution in [2.75, 3.05) is 26.2 Å². The minimum atomic E-state index is -0.274. The highest BCUT2D eigenvalue weighted by Gasteiger charge is 2.58. The average Bonchev–Trinajstić information content (AvgIpc) is 3.47. The molecule has 1 amide bonds. The van der Waals surface area contributed by atoms with Gasteiger partial charge in [0.25, 0.3) is 0 Å². The van der Waals surface area contributed by atoms with Crippen LogP contribution in [0.4, 0.5) is 4.79 Å². The summed E-state index contributed by atoms with van der Waals surface area (Å²) < 4.78 is 11.2. The molecule has 4 aliphatic carbocycles. The van der Waals surface area contributed by atoms with Gasteiger partial charge in [-0.2, -0.15) is 0 Å². The van der Waals surface area contributed by atoms with Crippen LogP contribution in [0.5, 0.6) is 0 Å². The molecule has 1 aromatic heterocycles. The summed E-state index contributed by atoms with van der Waals surface area (Å²) in [6.45, 7) is 8.38. The van der Waals surface area contributed by atoms with E-state index in [-0.39, 0.29) is 29.3 Å². The molecule has 38 heavy (non-hydrogen) atoms. The second-order valence-corrected chi connectivity index (χ2v) is 13.4. The molecule has 8 atom stereocenters. The van der Waals surface area contributed by atoms with Crippen LogP contribution in [0.3, 0.4) is 0 Å². The number of hydrogen-bond acceptors (Lipinski definition) is 6. The normalized spacial score (nSPS) is 40.6. The molecule has 0 aromatic carbocycles. The molecule has 1 aromatic rings. The molecule has 0 radical (unpaired) electrons. The van der Waals surface area contributed by atoms with Crippen LogP contribution >= 0.6 is 0 Å². The second-order valence-electron chi connectivity index (χ2n) is 13.4. The average molecular weight is 524 g/mol. The number of nitrogens with zero attached hydrogens (tertiary/aromatic N) is 1. The molecule has 1 aliphatic heterocycles. The van der Waals surface area contributed by atoms with Crippen LogP contribution in [-0.4, -0.2) is 49.3 Å². The van der Waals surface area contributed by atoms with E-state index in [1.807, 2.05) is 6.07 Å². The third-order valence-corrected chi connectivity index (χ3v) is 11.4. The monoisotopic (exact) mass is 523 g/mol. The second kappa shape index (κ2) is 10.1. The number of rotatable bonds is 5. The predicted molar refractivity (Wildman–Crippen MR) is 147 cm³/mol. The largest absolute Gasteiger partial charge is 0.446 e. The molecular formula is C31H45N3O4. The maximum Gasteiger partial charge on any atom is 0.407 e. The topological polar surface area (TPSA) is 97.8 Å². The molecule has 208 valence electrons. The van der Waals surface area contributed by atoms with Crippen LogP contribution in [-0.2, 0) is 4.74 Å². The van der Waals surface area contributed by atoms with Crippen LogP contribution < -0.4 is 16.7 Å². The van der Waals surface area contributed by atoms with Gasteiger partial charge in [-0.25, -0.2) is 9.59 Å². The number of ether oxygens (including phenoxy) is 1. The van der Waals surface area contributed by atoms with Gasteiger partial charge in [-0.05, 0) is 110 Å². The van der Waals surface area contributed by atoms with E-state index in [9.17, 15) is 9.59 Å². The molecule has 3 N–H and O–H groups in total. The SMILES string of the molecule is C[C@]12CCC(OC(=O)NCCN3CC[C@H](N)C3)C[C@H]1CC[C@H]1C3=CC[C@H](c4ccc(=O)oc4)[C@@]3(C)CC[C@@H]12. The van der Waals surface area contributed by atoms with Gasteiger partial charge in [0.1, 0.15) is 6.10 Å². The number of carbonyl (C=O) groups excluding carboxylic acids is 1. The first kappa shape index (κ1) is 26.1. The molecule has 7 nitrogen and oxygen atoms in total. The number of hydrogen-bond donors (Lipinski definition) is 2. The summed E-state index contributed by atoms with van der Waals surface area (Å²) in [5, 5.41) is 2.97. The van der Waals surface area contributed by atoms with Crippen LogP contribution in [0, 0.1) is 28.6 Å². The van der Waals surface area contributed by atoms with E-state index < -0.39 is 0 Å². The zero-order valence-corrected chi connectivity index (χ0v) is 23.1. The molecule has 7 heteroatoms. The number of nitrogens with one attached hydrogen (secondary N) is 1. The Hall–Kier alpha value is -2.12. The fraction of sp³-hybridized carbons (Fsp3) is 0.742. The van der Waals surface area contributed by atoms with Gasteiger partial charge in [0.05, 0.1) is 6.26 Å². The van der Waals surface area contributed by atoms with E-state index in [0.29, 0.717) is 35.6 Å². The third-order valence-electron chi connectivity index (χ3n) is 11.4. The van der Waals surface area contributed by atoms with Gasteiger partial charge in [-0.3, -0.25) is 4.90 Å². The minimum absolute atomic E-state index is 0.0292. The third kappa shape index (κ3) is 4.64. The van der Waals surface area contributed by atoms with Crippen LogP contribution in [0.2, 0.25) is 0 Å². The van der Waals surface area contributed by atoms with E-state index >= 15 is 0 Å². The fourth-order valence-corrected chi connectivity index (χ4v) is 9.30. The molecule has 0 spiro atoms. The van der Waals surface area contributed by atoms with Crippen molar-refractivity contribution in [2.24, 2.45) is 34.3 Å². The van der Waals surface area contributed by atoms with Crippen molar-refractivity contribution in [2.45, 2.75) is 89.7 Å². The number of allylic oxidation sites excluding steroid dienone is 2. The van der Waals surface area contributed by atoms with Gasteiger partial charge in [0.2, 0.25) is 0 Å². The molecule has 0 bridgehead atoms. The van der Waals surface area contributed by atoms with Crippen molar-refractivity contribution in [3.8, 4) is 0 Å². The van der Waals surface area contributed by atoms with Crippen LogP contribution in [0.1, 0.15) is 83.1 Å². The van der Waals surface area contributed by atoms with Gasteiger partial charge >= 0.3 is 11.7 Å². The zero-order valence-electron chi connectivity index (χ0n) is 23.1. The Balaban J connectivity index is 1.05. The van der Waals surface area contributed by atoms with Gasteiger partial charge in [-0.15, -0.1) is 0 Å². The first-order valence-electron chi connectivity index (χ1n) is 15.0. The Bertz CT molecular complexity index is 1110. The summed E-state index contributed by atoms with van der Waals surface area (Å²) in [6.07, 6.45) is 14.1. The number of nitrogens with two attached hydrogens (primary N) is 1. The lowest BCUT2D eigenvalue weighted by atomic mass is 9.46. The standard InChI is InChI=1S/C31H45N3O4/c1-30-12-9-23(38-29(36)33-14-16-34-15-11-22(32)18-34)17-21(30)4-5-24-26-7-6-25(20-3-8-28(35)37-19-20)31(26,2)13-10-27(24)30/h3,7-8,19,21-25,27H,4-6,9-18,32H2,1-2H3,(H,33,36)/t21-,22+,23?,24+,25-,27+,30+,31-/m1/s1. The highest BCUT2D eigenvalue weighted by Crippen LogP contribution is 2.67. The Kier molecular flexibility index (Phi) is 6.96. The smallest absolute Gasteiger partial charge is 0.407 e. The van der Waals surface area contributed by atoms with Crippen molar-refractivity contribution in [3.05, 3.63) is 46.0 Å². The Morgan fingerprint density at radius 1 is 1.18 bits per heavy atom. The van der Waals surface area contributed by atoms with E-state index in [4.69, 9.17) is 14.9 Å². The number of alkyl carbamates (subject to hydrolysis) is 1. The minimum Gasteiger partial charge on any atom is -0.446 e. The maximum absolute atomic E-state index is 12.5. The molecular weight excluding hydrogens is 478 g/mol. The summed E-state index contributed by atoms with van der Waals surface area (Å²) in [5.74, 6) is 2.37. The van der Waals surface area contributed by atoms with Crippen molar-refractivity contribution >= 4 is 6.09 Å². The van der Waals surface area contributed by atoms with Gasteiger partial charge in [0.15, 0.2) is 0 Å². The van der Waals surface area contributed by atoms with E-state index in [1.165, 1.54) is 25.7 Å². The lowest BCUT2D eigenvalue weighted by Gasteiger charge is -2.59. The van der Waals surface area contributed by atoms with Crippen LogP contribution in [0.25, 0.3) is 0 Å². The fourth-order valence-electron chi connectivity index (χ4n) is 9.30. The number of fused-ring (bicyclic) bond motifs is 5. The van der Waals surface area contributed by atoms with Crippen molar-refractivity contribution in [3.63, 3.8) is 0 Å². The van der Waals surface area contributed by atoms with Gasteiger partial charge < -0.3 is 20.2 Å². The maximum atomic E-state index is 12.5. The number of amides is 1. The van der Waals surface area contributed by atoms with Gasteiger partial charge in [-0.1, -0.05) is 25.5 Å². The summed E-state index contributed by atoms with van der Waals surface area (Å²) >= 11 is 0. The van der Waals surface area contributed by atoms with Gasteiger partial charge in [0, 0.05) is 31.7 Å². The first-order chi connectivity index (χ1) is 18.3. The zero-order chi connectivity index (χ0) is 26.5. The highest BCUT2D eigenvalue weighted by molar-refractivity contribution is 5.67. The number of likely N-dealkylation sites (tertiary alicyclic amines) is 1. The lowest BCUT2D eigenvalue weighted by Crippen LogP contribution is -2.52. The molecule has 6 rings (SSSR count). The van der Waals surface area contributed by atoms with E-state index in [1.54, 1.807) is 17.9 Å². The predicted octanol–water partition coefficient (Wildman–Crippen LogP) is 4.81. The number of carbonyl (C=O) groups is 1. The molecule has 1 unspecified atom stereocenters. The molecule has 5 aliphatic rings.